The van der Waals surface area contributed by atoms with Crippen LogP contribution in [0, 0.1) is 6.92 Å². The average molecular weight is 299 g/mol. The molecule has 0 bridgehead atoms. The van der Waals surface area contributed by atoms with Gasteiger partial charge in [-0.15, -0.1) is 0 Å². The smallest absolute Gasteiger partial charge is 0.304 e. The van der Waals surface area contributed by atoms with Crippen LogP contribution in [-0.4, -0.2) is 18.2 Å². The van der Waals surface area contributed by atoms with Crippen LogP contribution in [-0.2, 0) is 10.2 Å². The number of aryl methyl sites for hydroxylation is 1. The number of aliphatic carboxylic acids is 1. The lowest BCUT2D eigenvalue weighted by atomic mass is 9.91. The van der Waals surface area contributed by atoms with Gasteiger partial charge in [0.25, 0.3) is 0 Å². The molecule has 0 aliphatic heterocycles. The molecule has 4 heteroatoms. The molecular weight excluding hydrogens is 284 g/mol. The van der Waals surface area contributed by atoms with E-state index in [-0.39, 0.29) is 11.8 Å². The monoisotopic (exact) mass is 298 g/mol. The Kier molecular flexibility index (Phi) is 3.17. The van der Waals surface area contributed by atoms with Crippen LogP contribution in [0.3, 0.4) is 0 Å². The number of halogens is 1. The summed E-state index contributed by atoms with van der Waals surface area (Å²) in [5.41, 5.74) is 1.88. The zero-order valence-electron chi connectivity index (χ0n) is 9.92. The molecule has 0 aromatic heterocycles. The minimum atomic E-state index is -0.753. The van der Waals surface area contributed by atoms with Crippen LogP contribution in [0.2, 0.25) is 0 Å². The van der Waals surface area contributed by atoms with Crippen molar-refractivity contribution in [2.24, 2.45) is 0 Å². The van der Waals surface area contributed by atoms with Crippen LogP contribution >= 0.6 is 15.9 Å². The van der Waals surface area contributed by atoms with Gasteiger partial charge >= 0.3 is 5.97 Å². The number of ether oxygens (including phenoxy) is 1. The first-order valence-corrected chi connectivity index (χ1v) is 6.34. The van der Waals surface area contributed by atoms with Gasteiger partial charge in [-0.2, -0.15) is 0 Å². The first kappa shape index (κ1) is 12.4. The van der Waals surface area contributed by atoms with Gasteiger partial charge in [-0.1, -0.05) is 15.9 Å². The van der Waals surface area contributed by atoms with Crippen molar-refractivity contribution in [3.05, 3.63) is 27.7 Å². The molecule has 1 aromatic rings. The van der Waals surface area contributed by atoms with Gasteiger partial charge in [0, 0.05) is 15.5 Å². The zero-order chi connectivity index (χ0) is 12.6. The summed E-state index contributed by atoms with van der Waals surface area (Å²) in [6.45, 7) is 1.99. The second-order valence-electron chi connectivity index (χ2n) is 4.67. The molecule has 1 aliphatic rings. The topological polar surface area (TPSA) is 46.5 Å². The third-order valence-electron chi connectivity index (χ3n) is 3.29. The summed E-state index contributed by atoms with van der Waals surface area (Å²) >= 11 is 3.53. The van der Waals surface area contributed by atoms with Crippen molar-refractivity contribution < 1.29 is 14.6 Å². The van der Waals surface area contributed by atoms with Gasteiger partial charge in [0.2, 0.25) is 0 Å². The number of benzene rings is 1. The van der Waals surface area contributed by atoms with Crippen molar-refractivity contribution in [3.8, 4) is 5.75 Å². The molecule has 0 heterocycles. The predicted octanol–water partition coefficient (Wildman–Crippen LogP) is 3.27. The van der Waals surface area contributed by atoms with Crippen molar-refractivity contribution in [2.45, 2.75) is 31.6 Å². The number of carboxylic acids is 1. The standard InChI is InChI=1S/C13H15BrO3/c1-8-5-9(14)12(10(6-8)17-2)13(3-4-13)7-11(15)16/h5-6H,3-4,7H2,1-2H3,(H,15,16). The number of hydrogen-bond acceptors (Lipinski definition) is 2. The molecule has 17 heavy (non-hydrogen) atoms. The molecule has 0 radical (unpaired) electrons. The summed E-state index contributed by atoms with van der Waals surface area (Å²) in [6, 6.07) is 3.97. The molecule has 0 atom stereocenters. The highest BCUT2D eigenvalue weighted by molar-refractivity contribution is 9.10. The third kappa shape index (κ3) is 2.32. The fourth-order valence-electron chi connectivity index (χ4n) is 2.34. The maximum Gasteiger partial charge on any atom is 0.304 e. The fraction of sp³-hybridized carbons (Fsp3) is 0.462. The third-order valence-corrected chi connectivity index (χ3v) is 3.92. The molecule has 1 N–H and O–H groups in total. The van der Waals surface area contributed by atoms with E-state index in [1.807, 2.05) is 19.1 Å². The highest BCUT2D eigenvalue weighted by atomic mass is 79.9. The predicted molar refractivity (Wildman–Crippen MR) is 68.6 cm³/mol. The number of rotatable bonds is 4. The Bertz CT molecular complexity index is 464. The fourth-order valence-corrected chi connectivity index (χ4v) is 3.32. The summed E-state index contributed by atoms with van der Waals surface area (Å²) in [7, 11) is 1.63. The average Bonchev–Trinajstić information content (AvgIpc) is 2.95. The maximum absolute atomic E-state index is 10.9. The summed E-state index contributed by atoms with van der Waals surface area (Å²) in [4.78, 5) is 10.9. The van der Waals surface area contributed by atoms with Gasteiger partial charge < -0.3 is 9.84 Å². The lowest BCUT2D eigenvalue weighted by Crippen LogP contribution is -2.15. The van der Waals surface area contributed by atoms with Gasteiger partial charge in [-0.25, -0.2) is 0 Å². The zero-order valence-corrected chi connectivity index (χ0v) is 11.5. The summed E-state index contributed by atoms with van der Waals surface area (Å²) in [5, 5.41) is 9.00. The molecule has 1 aliphatic carbocycles. The van der Waals surface area contributed by atoms with Gasteiger partial charge in [-0.05, 0) is 37.5 Å². The Morgan fingerprint density at radius 3 is 2.65 bits per heavy atom. The van der Waals surface area contributed by atoms with E-state index in [0.29, 0.717) is 0 Å². The Hall–Kier alpha value is -1.03. The van der Waals surface area contributed by atoms with Gasteiger partial charge in [0.1, 0.15) is 5.75 Å². The lowest BCUT2D eigenvalue weighted by molar-refractivity contribution is -0.137. The molecule has 1 aromatic carbocycles. The van der Waals surface area contributed by atoms with Crippen LogP contribution in [0.25, 0.3) is 0 Å². The first-order valence-electron chi connectivity index (χ1n) is 5.55. The van der Waals surface area contributed by atoms with E-state index >= 15 is 0 Å². The molecular formula is C13H15BrO3. The second kappa shape index (κ2) is 4.33. The SMILES string of the molecule is COc1cc(C)cc(Br)c1C1(CC(=O)O)CC1. The number of hydrogen-bond donors (Lipinski definition) is 1. The molecule has 0 spiro atoms. The van der Waals surface area contributed by atoms with Crippen molar-refractivity contribution >= 4 is 21.9 Å². The van der Waals surface area contributed by atoms with Crippen LogP contribution in [0.5, 0.6) is 5.75 Å². The molecule has 92 valence electrons. The van der Waals surface area contributed by atoms with Crippen LogP contribution in [0.15, 0.2) is 16.6 Å². The Labute approximate surface area is 109 Å². The molecule has 3 nitrogen and oxygen atoms in total. The minimum absolute atomic E-state index is 0.172. The van der Waals surface area contributed by atoms with Crippen molar-refractivity contribution in [2.75, 3.05) is 7.11 Å². The number of carbonyl (C=O) groups is 1. The van der Waals surface area contributed by atoms with E-state index in [1.165, 1.54) is 0 Å². The number of methoxy groups -OCH3 is 1. The van der Waals surface area contributed by atoms with E-state index in [9.17, 15) is 4.79 Å². The largest absolute Gasteiger partial charge is 0.496 e. The van der Waals surface area contributed by atoms with E-state index in [0.717, 1.165) is 34.2 Å². The number of carboxylic acid groups (broad SMARTS) is 1. The van der Waals surface area contributed by atoms with E-state index in [1.54, 1.807) is 7.11 Å². The highest BCUT2D eigenvalue weighted by Gasteiger charge is 2.48. The van der Waals surface area contributed by atoms with Crippen molar-refractivity contribution in [3.63, 3.8) is 0 Å². The van der Waals surface area contributed by atoms with E-state index in [2.05, 4.69) is 15.9 Å². The Morgan fingerprint density at radius 1 is 1.53 bits per heavy atom. The van der Waals surface area contributed by atoms with Gasteiger partial charge in [0.05, 0.1) is 13.5 Å². The van der Waals surface area contributed by atoms with Crippen molar-refractivity contribution in [1.82, 2.24) is 0 Å². The minimum Gasteiger partial charge on any atom is -0.496 e. The van der Waals surface area contributed by atoms with Gasteiger partial charge in [0.15, 0.2) is 0 Å². The molecule has 0 unspecified atom stereocenters. The molecule has 1 fully saturated rings. The van der Waals surface area contributed by atoms with Crippen molar-refractivity contribution in [1.29, 1.82) is 0 Å². The van der Waals surface area contributed by atoms with Crippen LogP contribution in [0.1, 0.15) is 30.4 Å². The van der Waals surface area contributed by atoms with Crippen LogP contribution in [0.4, 0.5) is 0 Å². The van der Waals surface area contributed by atoms with E-state index in [4.69, 9.17) is 9.84 Å². The van der Waals surface area contributed by atoms with Crippen LogP contribution < -0.4 is 4.74 Å². The Balaban J connectivity index is 2.48. The highest BCUT2D eigenvalue weighted by Crippen LogP contribution is 2.56. The summed E-state index contributed by atoms with van der Waals surface area (Å²) in [6.07, 6.45) is 2.00. The maximum atomic E-state index is 10.9. The molecule has 1 saturated carbocycles. The Morgan fingerprint density at radius 2 is 2.18 bits per heavy atom. The van der Waals surface area contributed by atoms with Gasteiger partial charge in [-0.3, -0.25) is 4.79 Å². The summed E-state index contributed by atoms with van der Waals surface area (Å²) in [5.74, 6) is 0.0349. The second-order valence-corrected chi connectivity index (χ2v) is 5.53. The quantitative estimate of drug-likeness (QED) is 0.928. The van der Waals surface area contributed by atoms with E-state index < -0.39 is 5.97 Å². The summed E-state index contributed by atoms with van der Waals surface area (Å²) < 4.78 is 6.34. The molecule has 2 rings (SSSR count). The molecule has 0 amide bonds. The molecule has 0 saturated heterocycles. The first-order chi connectivity index (χ1) is 7.98. The normalized spacial score (nSPS) is 16.6. The lowest BCUT2D eigenvalue weighted by Gasteiger charge is -2.19.